The second-order valence-electron chi connectivity index (χ2n) is 8.84. The topological polar surface area (TPSA) is 132 Å². The van der Waals surface area contributed by atoms with Crippen LogP contribution < -0.4 is 27.2 Å². The first-order chi connectivity index (χ1) is 17.4. The van der Waals surface area contributed by atoms with Crippen molar-refractivity contribution in [3.8, 4) is 11.3 Å². The van der Waals surface area contributed by atoms with E-state index in [0.717, 1.165) is 11.1 Å². The maximum atomic E-state index is 13.7. The summed E-state index contributed by atoms with van der Waals surface area (Å²) in [7, 11) is 1.63. The number of hydrogen-bond donors (Lipinski definition) is 3. The summed E-state index contributed by atoms with van der Waals surface area (Å²) < 4.78 is 1.41. The van der Waals surface area contributed by atoms with Crippen LogP contribution in [0.25, 0.3) is 11.3 Å². The SMILES string of the molecule is Cn1c(NC[C@@H](N)Cc2ccccc2)nc(-c2ccncc2)c(N2Cc3cccc(N)c3C2=O)c1=O. The summed E-state index contributed by atoms with van der Waals surface area (Å²) in [6.45, 7) is 0.651. The highest BCUT2D eigenvalue weighted by molar-refractivity contribution is 6.14. The molecule has 36 heavy (non-hydrogen) atoms. The van der Waals surface area contributed by atoms with Crippen LogP contribution in [0.3, 0.4) is 0 Å². The second kappa shape index (κ2) is 9.63. The lowest BCUT2D eigenvalue weighted by Gasteiger charge is -2.22. The highest BCUT2D eigenvalue weighted by Crippen LogP contribution is 2.35. The lowest BCUT2D eigenvalue weighted by Crippen LogP contribution is -2.36. The molecule has 9 nitrogen and oxygen atoms in total. The predicted molar refractivity (Wildman–Crippen MR) is 141 cm³/mol. The molecule has 1 amide bonds. The Balaban J connectivity index is 1.51. The zero-order valence-corrected chi connectivity index (χ0v) is 19.9. The number of hydrogen-bond acceptors (Lipinski definition) is 7. The van der Waals surface area contributed by atoms with Crippen LogP contribution in [0, 0.1) is 0 Å². The van der Waals surface area contributed by atoms with Gasteiger partial charge in [-0.05, 0) is 35.7 Å². The Labute approximate surface area is 208 Å². The Bertz CT molecular complexity index is 1470. The number of pyridine rings is 1. The van der Waals surface area contributed by atoms with Gasteiger partial charge in [0.15, 0.2) is 0 Å². The van der Waals surface area contributed by atoms with E-state index in [1.807, 2.05) is 36.4 Å². The van der Waals surface area contributed by atoms with E-state index in [4.69, 9.17) is 16.5 Å². The zero-order chi connectivity index (χ0) is 25.2. The molecular weight excluding hydrogens is 454 g/mol. The Kier molecular flexibility index (Phi) is 6.22. The van der Waals surface area contributed by atoms with Gasteiger partial charge in [-0.1, -0.05) is 42.5 Å². The molecule has 1 atom stereocenters. The van der Waals surface area contributed by atoms with Crippen molar-refractivity contribution in [1.29, 1.82) is 0 Å². The average Bonchev–Trinajstić information content (AvgIpc) is 3.23. The Morgan fingerprint density at radius 3 is 2.50 bits per heavy atom. The first-order valence-corrected chi connectivity index (χ1v) is 11.7. The number of carbonyl (C=O) groups is 1. The molecule has 9 heteroatoms. The van der Waals surface area contributed by atoms with Crippen LogP contribution in [-0.4, -0.2) is 33.0 Å². The summed E-state index contributed by atoms with van der Waals surface area (Å²) in [4.78, 5) is 37.4. The molecule has 182 valence electrons. The fraction of sp³-hybridized carbons (Fsp3) is 0.185. The summed E-state index contributed by atoms with van der Waals surface area (Å²) in [6, 6.07) is 18.7. The number of nitrogens with one attached hydrogen (secondary N) is 1. The largest absolute Gasteiger partial charge is 0.398 e. The van der Waals surface area contributed by atoms with Crippen molar-refractivity contribution in [2.24, 2.45) is 12.8 Å². The van der Waals surface area contributed by atoms with E-state index in [-0.39, 0.29) is 29.7 Å². The standard InChI is InChI=1S/C27H27N7O2/c1-33-26(36)24(34-16-19-8-5-9-21(29)22(19)25(34)35)23(18-10-12-30-13-11-18)32-27(33)31-15-20(28)14-17-6-3-2-4-7-17/h2-13,20H,14-16,28-29H2,1H3,(H,31,32)/t20-/m0/s1. The van der Waals surface area contributed by atoms with E-state index in [0.29, 0.717) is 41.4 Å². The quantitative estimate of drug-likeness (QED) is 0.346. The number of aromatic nitrogens is 3. The number of carbonyl (C=O) groups excluding carboxylic acids is 1. The van der Waals surface area contributed by atoms with Gasteiger partial charge >= 0.3 is 0 Å². The van der Waals surface area contributed by atoms with Crippen molar-refractivity contribution in [2.75, 3.05) is 22.5 Å². The third-order valence-corrected chi connectivity index (χ3v) is 6.32. The van der Waals surface area contributed by atoms with E-state index >= 15 is 0 Å². The predicted octanol–water partition coefficient (Wildman–Crippen LogP) is 2.57. The van der Waals surface area contributed by atoms with Crippen LogP contribution in [0.5, 0.6) is 0 Å². The fourth-order valence-electron chi connectivity index (χ4n) is 4.48. The fourth-order valence-corrected chi connectivity index (χ4v) is 4.48. The molecule has 0 fully saturated rings. The van der Waals surface area contributed by atoms with Gasteiger partial charge in [0.2, 0.25) is 5.95 Å². The van der Waals surface area contributed by atoms with Crippen LogP contribution in [0.1, 0.15) is 21.5 Å². The van der Waals surface area contributed by atoms with Crippen molar-refractivity contribution in [3.63, 3.8) is 0 Å². The highest BCUT2D eigenvalue weighted by atomic mass is 16.2. The minimum Gasteiger partial charge on any atom is -0.398 e. The third-order valence-electron chi connectivity index (χ3n) is 6.32. The maximum Gasteiger partial charge on any atom is 0.279 e. The summed E-state index contributed by atoms with van der Waals surface area (Å²) in [5.41, 5.74) is 16.1. The van der Waals surface area contributed by atoms with E-state index in [9.17, 15) is 9.59 Å². The monoisotopic (exact) mass is 481 g/mol. The number of rotatable bonds is 7. The van der Waals surface area contributed by atoms with Gasteiger partial charge in [-0.25, -0.2) is 4.98 Å². The molecule has 0 radical (unpaired) electrons. The van der Waals surface area contributed by atoms with Gasteiger partial charge in [0.05, 0.1) is 12.1 Å². The Morgan fingerprint density at radius 1 is 1.03 bits per heavy atom. The van der Waals surface area contributed by atoms with E-state index in [1.54, 1.807) is 43.7 Å². The van der Waals surface area contributed by atoms with Gasteiger partial charge in [-0.15, -0.1) is 0 Å². The molecule has 2 aromatic heterocycles. The molecule has 0 unspecified atom stereocenters. The average molecular weight is 482 g/mol. The summed E-state index contributed by atoms with van der Waals surface area (Å²) in [6.07, 6.45) is 3.93. The lowest BCUT2D eigenvalue weighted by molar-refractivity contribution is 0.0997. The van der Waals surface area contributed by atoms with Gasteiger partial charge in [-0.3, -0.25) is 24.0 Å². The molecule has 4 aromatic rings. The molecule has 0 spiro atoms. The molecule has 3 heterocycles. The molecule has 1 aliphatic heterocycles. The summed E-state index contributed by atoms with van der Waals surface area (Å²) in [5.74, 6) is 0.0469. The Hall–Kier alpha value is -4.50. The molecule has 0 saturated carbocycles. The number of fused-ring (bicyclic) bond motifs is 1. The van der Waals surface area contributed by atoms with Gasteiger partial charge in [0.1, 0.15) is 11.4 Å². The molecule has 0 aliphatic carbocycles. The summed E-state index contributed by atoms with van der Waals surface area (Å²) >= 11 is 0. The smallest absolute Gasteiger partial charge is 0.279 e. The van der Waals surface area contributed by atoms with E-state index in [2.05, 4.69) is 10.3 Å². The van der Waals surface area contributed by atoms with Crippen LogP contribution in [0.15, 0.2) is 77.9 Å². The highest BCUT2D eigenvalue weighted by Gasteiger charge is 2.34. The molecule has 0 bridgehead atoms. The van der Waals surface area contributed by atoms with Crippen molar-refractivity contribution < 1.29 is 4.79 Å². The summed E-state index contributed by atoms with van der Waals surface area (Å²) in [5, 5.41) is 3.23. The number of nitrogen functional groups attached to an aromatic ring is 1. The van der Waals surface area contributed by atoms with Crippen LogP contribution in [0.2, 0.25) is 0 Å². The molecular formula is C27H27N7O2. The van der Waals surface area contributed by atoms with Crippen LogP contribution in [0.4, 0.5) is 17.3 Å². The van der Waals surface area contributed by atoms with Gasteiger partial charge in [0.25, 0.3) is 11.5 Å². The minimum atomic E-state index is -0.351. The number of nitrogens with two attached hydrogens (primary N) is 2. The molecule has 0 saturated heterocycles. The van der Waals surface area contributed by atoms with Gasteiger partial charge < -0.3 is 16.8 Å². The van der Waals surface area contributed by atoms with Crippen molar-refractivity contribution in [1.82, 2.24) is 14.5 Å². The molecule has 5 N–H and O–H groups in total. The van der Waals surface area contributed by atoms with Gasteiger partial charge in [0, 0.05) is 43.3 Å². The van der Waals surface area contributed by atoms with Crippen LogP contribution >= 0.6 is 0 Å². The normalized spacial score (nSPS) is 13.5. The van der Waals surface area contributed by atoms with Crippen molar-refractivity contribution >= 4 is 23.2 Å². The molecule has 1 aliphatic rings. The molecule has 2 aromatic carbocycles. The number of nitrogens with zero attached hydrogens (tertiary/aromatic N) is 4. The third kappa shape index (κ3) is 4.32. The van der Waals surface area contributed by atoms with Gasteiger partial charge in [-0.2, -0.15) is 0 Å². The number of anilines is 3. The molecule has 5 rings (SSSR count). The second-order valence-corrected chi connectivity index (χ2v) is 8.84. The first kappa shape index (κ1) is 23.3. The Morgan fingerprint density at radius 2 is 1.78 bits per heavy atom. The van der Waals surface area contributed by atoms with Crippen LogP contribution in [-0.2, 0) is 20.0 Å². The first-order valence-electron chi connectivity index (χ1n) is 11.7. The van der Waals surface area contributed by atoms with Crippen molar-refractivity contribution in [3.05, 3.63) is 100 Å². The zero-order valence-electron chi connectivity index (χ0n) is 19.9. The van der Waals surface area contributed by atoms with E-state index < -0.39 is 0 Å². The number of amides is 1. The minimum absolute atomic E-state index is 0.189. The van der Waals surface area contributed by atoms with E-state index in [1.165, 1.54) is 9.47 Å². The maximum absolute atomic E-state index is 13.7. The number of benzene rings is 2. The van der Waals surface area contributed by atoms with Crippen molar-refractivity contribution in [2.45, 2.75) is 19.0 Å². The lowest BCUT2D eigenvalue weighted by atomic mass is 10.1.